The number of nitrogens with one attached hydrogen (secondary N) is 2. The first-order valence-electron chi connectivity index (χ1n) is 10.5. The molecule has 158 valence electrons. The van der Waals surface area contributed by atoms with Gasteiger partial charge in [0.05, 0.1) is 10.5 Å². The maximum absolute atomic E-state index is 6.53. The Labute approximate surface area is 191 Å². The van der Waals surface area contributed by atoms with Crippen LogP contribution in [0.5, 0.6) is 11.5 Å². The van der Waals surface area contributed by atoms with E-state index in [-0.39, 0.29) is 0 Å². The number of aryl methyl sites for hydroxylation is 1. The van der Waals surface area contributed by atoms with Gasteiger partial charge in [0, 0.05) is 17.5 Å². The van der Waals surface area contributed by atoms with Crippen LogP contribution in [0.15, 0.2) is 91.0 Å². The minimum atomic E-state index is 0.619. The smallest absolute Gasteiger partial charge is 0.156 e. The first-order valence-corrected chi connectivity index (χ1v) is 10.8. The Balaban J connectivity index is 1.36. The highest BCUT2D eigenvalue weighted by Gasteiger charge is 2.11. The molecule has 32 heavy (non-hydrogen) atoms. The summed E-state index contributed by atoms with van der Waals surface area (Å²) in [4.78, 5) is 0. The lowest BCUT2D eigenvalue weighted by Gasteiger charge is -2.09. The van der Waals surface area contributed by atoms with Gasteiger partial charge < -0.3 is 10.1 Å². The van der Waals surface area contributed by atoms with Crippen molar-refractivity contribution in [1.82, 2.24) is 10.2 Å². The van der Waals surface area contributed by atoms with Gasteiger partial charge in [-0.2, -0.15) is 5.10 Å². The molecule has 5 heteroatoms. The molecule has 5 aromatic rings. The first-order chi connectivity index (χ1) is 15.7. The first kappa shape index (κ1) is 20.2. The Morgan fingerprint density at radius 2 is 1.69 bits per heavy atom. The molecular formula is C27H22ClN3O. The number of hydrogen-bond donors (Lipinski definition) is 2. The summed E-state index contributed by atoms with van der Waals surface area (Å²) in [5.41, 5.74) is 5.26. The van der Waals surface area contributed by atoms with Crippen LogP contribution >= 0.6 is 11.6 Å². The van der Waals surface area contributed by atoms with E-state index in [4.69, 9.17) is 16.3 Å². The summed E-state index contributed by atoms with van der Waals surface area (Å²) in [6.07, 6.45) is 0. The Morgan fingerprint density at radius 1 is 0.875 bits per heavy atom. The number of aromatic nitrogens is 2. The van der Waals surface area contributed by atoms with Crippen molar-refractivity contribution in [1.29, 1.82) is 0 Å². The molecule has 0 aliphatic heterocycles. The normalized spacial score (nSPS) is 10.9. The molecule has 5 rings (SSSR count). The van der Waals surface area contributed by atoms with Gasteiger partial charge in [-0.3, -0.25) is 5.10 Å². The second-order valence-electron chi connectivity index (χ2n) is 7.73. The number of fused-ring (bicyclic) bond motifs is 1. The summed E-state index contributed by atoms with van der Waals surface area (Å²) in [5.74, 6) is 2.42. The van der Waals surface area contributed by atoms with E-state index in [0.717, 1.165) is 44.9 Å². The highest BCUT2D eigenvalue weighted by Crippen LogP contribution is 2.34. The summed E-state index contributed by atoms with van der Waals surface area (Å²) in [5, 5.41) is 12.7. The van der Waals surface area contributed by atoms with E-state index < -0.39 is 0 Å². The van der Waals surface area contributed by atoms with Crippen LogP contribution in [-0.2, 0) is 6.54 Å². The number of aromatic amines is 1. The lowest BCUT2D eigenvalue weighted by Crippen LogP contribution is -2.00. The quantitative estimate of drug-likeness (QED) is 0.286. The third-order valence-electron chi connectivity index (χ3n) is 5.35. The highest BCUT2D eigenvalue weighted by atomic mass is 35.5. The van der Waals surface area contributed by atoms with Crippen LogP contribution in [0.3, 0.4) is 0 Å². The molecule has 1 aromatic heterocycles. The van der Waals surface area contributed by atoms with Gasteiger partial charge in [0.25, 0.3) is 0 Å². The standard InChI is InChI=1S/C27H22ClN3O/c1-18-10-12-21(13-11-18)32-22-9-5-6-19(14-22)17-29-27-24-15-23(20-7-3-2-4-8-20)25(28)16-26(24)30-31-27/h2-16H,17H2,1H3,(H2,29,30,31). The molecular weight excluding hydrogens is 418 g/mol. The minimum Gasteiger partial charge on any atom is -0.457 e. The molecule has 0 unspecified atom stereocenters. The van der Waals surface area contributed by atoms with Crippen molar-refractivity contribution in [3.8, 4) is 22.6 Å². The van der Waals surface area contributed by atoms with Gasteiger partial charge in [-0.1, -0.05) is 71.8 Å². The van der Waals surface area contributed by atoms with E-state index in [1.807, 2.05) is 66.7 Å². The zero-order chi connectivity index (χ0) is 21.9. The number of H-pyrrole nitrogens is 1. The Hall–Kier alpha value is -3.76. The summed E-state index contributed by atoms with van der Waals surface area (Å²) in [6.45, 7) is 2.68. The Morgan fingerprint density at radius 3 is 2.50 bits per heavy atom. The number of nitrogens with zero attached hydrogens (tertiary/aromatic N) is 1. The van der Waals surface area contributed by atoms with Crippen LogP contribution in [0.2, 0.25) is 5.02 Å². The second-order valence-corrected chi connectivity index (χ2v) is 8.14. The molecule has 0 fully saturated rings. The number of anilines is 1. The van der Waals surface area contributed by atoms with Crippen molar-refractivity contribution in [2.24, 2.45) is 0 Å². The average molecular weight is 440 g/mol. The largest absolute Gasteiger partial charge is 0.457 e. The fraction of sp³-hybridized carbons (Fsp3) is 0.0741. The summed E-state index contributed by atoms with van der Waals surface area (Å²) in [6, 6.07) is 30.2. The molecule has 0 bridgehead atoms. The van der Waals surface area contributed by atoms with Gasteiger partial charge in [-0.05, 0) is 54.4 Å². The van der Waals surface area contributed by atoms with Gasteiger partial charge in [-0.15, -0.1) is 0 Å². The van der Waals surface area contributed by atoms with Gasteiger partial charge in [0.1, 0.15) is 11.5 Å². The highest BCUT2D eigenvalue weighted by molar-refractivity contribution is 6.34. The number of rotatable bonds is 6. The molecule has 4 nitrogen and oxygen atoms in total. The Kier molecular flexibility index (Phi) is 5.53. The number of benzene rings is 4. The van der Waals surface area contributed by atoms with Gasteiger partial charge in [0.15, 0.2) is 5.82 Å². The van der Waals surface area contributed by atoms with Crippen LogP contribution in [0.1, 0.15) is 11.1 Å². The summed E-state index contributed by atoms with van der Waals surface area (Å²) in [7, 11) is 0. The molecule has 2 N–H and O–H groups in total. The molecule has 0 aliphatic carbocycles. The van der Waals surface area contributed by atoms with Crippen LogP contribution in [0, 0.1) is 6.92 Å². The monoisotopic (exact) mass is 439 g/mol. The van der Waals surface area contributed by atoms with Gasteiger partial charge in [0.2, 0.25) is 0 Å². The molecule has 0 spiro atoms. The van der Waals surface area contributed by atoms with E-state index in [9.17, 15) is 0 Å². The van der Waals surface area contributed by atoms with Gasteiger partial charge >= 0.3 is 0 Å². The van der Waals surface area contributed by atoms with E-state index in [2.05, 4.69) is 46.7 Å². The van der Waals surface area contributed by atoms with E-state index in [1.165, 1.54) is 5.56 Å². The second kappa shape index (κ2) is 8.77. The SMILES string of the molecule is Cc1ccc(Oc2cccc(CNc3n[nH]c4cc(Cl)c(-c5ccccc5)cc34)c2)cc1. The zero-order valence-electron chi connectivity index (χ0n) is 17.6. The molecule has 0 amide bonds. The van der Waals surface area contributed by atoms with Crippen molar-refractivity contribution < 1.29 is 4.74 Å². The summed E-state index contributed by atoms with van der Waals surface area (Å²) >= 11 is 6.53. The number of halogens is 1. The predicted molar refractivity (Wildman–Crippen MR) is 132 cm³/mol. The average Bonchev–Trinajstić information content (AvgIpc) is 3.21. The zero-order valence-corrected chi connectivity index (χ0v) is 18.4. The molecule has 0 radical (unpaired) electrons. The fourth-order valence-electron chi connectivity index (χ4n) is 3.66. The molecule has 1 heterocycles. The lowest BCUT2D eigenvalue weighted by molar-refractivity contribution is 0.482. The molecule has 0 aliphatic rings. The Bertz CT molecular complexity index is 1360. The van der Waals surface area contributed by atoms with Crippen LogP contribution in [-0.4, -0.2) is 10.2 Å². The molecule has 4 aromatic carbocycles. The van der Waals surface area contributed by atoms with Crippen molar-refractivity contribution in [3.63, 3.8) is 0 Å². The van der Waals surface area contributed by atoms with Crippen molar-refractivity contribution in [2.45, 2.75) is 13.5 Å². The lowest BCUT2D eigenvalue weighted by atomic mass is 10.0. The van der Waals surface area contributed by atoms with E-state index >= 15 is 0 Å². The maximum Gasteiger partial charge on any atom is 0.156 e. The molecule has 0 saturated carbocycles. The van der Waals surface area contributed by atoms with Crippen LogP contribution in [0.4, 0.5) is 5.82 Å². The topological polar surface area (TPSA) is 49.9 Å². The van der Waals surface area contributed by atoms with Crippen LogP contribution < -0.4 is 10.1 Å². The molecule has 0 saturated heterocycles. The van der Waals surface area contributed by atoms with E-state index in [1.54, 1.807) is 0 Å². The summed E-state index contributed by atoms with van der Waals surface area (Å²) < 4.78 is 5.99. The minimum absolute atomic E-state index is 0.619. The number of ether oxygens (including phenoxy) is 1. The third kappa shape index (κ3) is 4.32. The van der Waals surface area contributed by atoms with E-state index in [0.29, 0.717) is 11.6 Å². The number of hydrogen-bond acceptors (Lipinski definition) is 3. The predicted octanol–water partition coefficient (Wildman–Crippen LogP) is 7.60. The van der Waals surface area contributed by atoms with Crippen LogP contribution in [0.25, 0.3) is 22.0 Å². The van der Waals surface area contributed by atoms with Crippen molar-refractivity contribution in [2.75, 3.05) is 5.32 Å². The third-order valence-corrected chi connectivity index (χ3v) is 5.66. The van der Waals surface area contributed by atoms with Crippen molar-refractivity contribution >= 4 is 28.3 Å². The maximum atomic E-state index is 6.53. The fourth-order valence-corrected chi connectivity index (χ4v) is 3.93. The van der Waals surface area contributed by atoms with Crippen molar-refractivity contribution in [3.05, 3.63) is 107 Å². The van der Waals surface area contributed by atoms with Gasteiger partial charge in [-0.25, -0.2) is 0 Å². The molecule has 0 atom stereocenters.